The summed E-state index contributed by atoms with van der Waals surface area (Å²) in [6, 6.07) is 0.804. The van der Waals surface area contributed by atoms with Crippen LogP contribution in [0.5, 0.6) is 0 Å². The average Bonchev–Trinajstić information content (AvgIpc) is 3.34. The molecule has 45 heavy (non-hydrogen) atoms. The molecule has 0 unspecified atom stereocenters. The molecular formula is C30H50N6O8Si. The molecule has 4 rings (SSSR count). The van der Waals surface area contributed by atoms with Crippen molar-refractivity contribution in [3.63, 3.8) is 0 Å². The Bertz CT molecular complexity index is 1290. The number of aromatic nitrogens is 1. The molecule has 1 aliphatic carbocycles. The molecule has 14 nitrogen and oxygen atoms in total. The summed E-state index contributed by atoms with van der Waals surface area (Å²) in [7, 11) is -2.41. The second kappa shape index (κ2) is 11.9. The molecule has 3 atom stereocenters. The van der Waals surface area contributed by atoms with Crippen molar-refractivity contribution in [3.8, 4) is 0 Å². The number of guanidine groups is 1. The van der Waals surface area contributed by atoms with Gasteiger partial charge in [-0.15, -0.1) is 0 Å². The highest BCUT2D eigenvalue weighted by Gasteiger charge is 2.63. The van der Waals surface area contributed by atoms with Gasteiger partial charge in [0.1, 0.15) is 23.0 Å². The molecule has 1 aromatic heterocycles. The van der Waals surface area contributed by atoms with Crippen LogP contribution in [0.2, 0.25) is 18.1 Å². The van der Waals surface area contributed by atoms with Gasteiger partial charge in [0.2, 0.25) is 5.96 Å². The molecule has 1 saturated carbocycles. The van der Waals surface area contributed by atoms with Gasteiger partial charge in [0.05, 0.1) is 18.6 Å². The highest BCUT2D eigenvalue weighted by Crippen LogP contribution is 2.61. The Labute approximate surface area is 266 Å². The summed E-state index contributed by atoms with van der Waals surface area (Å²) in [6.45, 7) is 21.2. The number of hydrogen-bond acceptors (Lipinski definition) is 10. The van der Waals surface area contributed by atoms with Crippen LogP contribution in [0, 0.1) is 5.41 Å². The summed E-state index contributed by atoms with van der Waals surface area (Å²) in [4.78, 5) is 44.3. The van der Waals surface area contributed by atoms with Crippen molar-refractivity contribution >= 4 is 32.5 Å². The zero-order chi connectivity index (χ0) is 33.8. The normalized spacial score (nSPS) is 21.8. The fraction of sp³-hybridized carbons (Fsp3) is 0.767. The van der Waals surface area contributed by atoms with Gasteiger partial charge in [-0.25, -0.2) is 24.4 Å². The standard InChI is InChI=1S/C30H50N6O8Si/c1-27(2,3)41-24(37)32-23(33-25(38)42-28(4,5)6)31-16-21(44-45(10,11)29(7,8)9)20-14-18(34-43-20)19-15-30(12-13-30)22-17-35(19)26(39)36(22)40/h14,19,21-22,40H,12-13,15-17H2,1-11H3,(H2,31,32,33,37,38)/t19-,21-,22+/m0/s1. The summed E-state index contributed by atoms with van der Waals surface area (Å²) in [6.07, 6.45) is 0.222. The van der Waals surface area contributed by atoms with Crippen LogP contribution in [-0.2, 0) is 13.9 Å². The minimum absolute atomic E-state index is 0.0498. The second-order valence-electron chi connectivity index (χ2n) is 15.8. The molecule has 3 N–H and O–H groups in total. The van der Waals surface area contributed by atoms with E-state index in [1.54, 1.807) is 52.5 Å². The van der Waals surface area contributed by atoms with Crippen LogP contribution < -0.4 is 10.6 Å². The van der Waals surface area contributed by atoms with Gasteiger partial charge in [-0.1, -0.05) is 25.9 Å². The van der Waals surface area contributed by atoms with E-state index in [1.807, 2.05) is 0 Å². The third kappa shape index (κ3) is 8.16. The van der Waals surface area contributed by atoms with E-state index in [1.165, 1.54) is 0 Å². The molecule has 2 saturated heterocycles. The van der Waals surface area contributed by atoms with Crippen LogP contribution in [0.1, 0.15) is 105 Å². The minimum atomic E-state index is -2.41. The van der Waals surface area contributed by atoms with E-state index < -0.39 is 43.8 Å². The number of nitrogens with one attached hydrogen (secondary N) is 2. The maximum absolute atomic E-state index is 12.9. The number of carbonyl (C=O) groups is 3. The zero-order valence-electron chi connectivity index (χ0n) is 28.4. The molecule has 0 radical (unpaired) electrons. The lowest BCUT2D eigenvalue weighted by Gasteiger charge is -2.38. The summed E-state index contributed by atoms with van der Waals surface area (Å²) in [5.41, 5.74) is -1.11. The Balaban J connectivity index is 1.63. The van der Waals surface area contributed by atoms with Crippen LogP contribution in [0.15, 0.2) is 15.6 Å². The van der Waals surface area contributed by atoms with Crippen LogP contribution in [0.25, 0.3) is 0 Å². The van der Waals surface area contributed by atoms with Gasteiger partial charge in [-0.05, 0) is 84.4 Å². The van der Waals surface area contributed by atoms with E-state index in [-0.39, 0.29) is 35.0 Å². The number of ether oxygens (including phenoxy) is 2. The first kappa shape index (κ1) is 34.7. The zero-order valence-corrected chi connectivity index (χ0v) is 29.4. The Morgan fingerprint density at radius 2 is 1.64 bits per heavy atom. The molecule has 1 aromatic rings. The van der Waals surface area contributed by atoms with Crippen LogP contribution in [-0.4, -0.2) is 83.2 Å². The molecule has 0 aromatic carbocycles. The van der Waals surface area contributed by atoms with Gasteiger partial charge in [-0.3, -0.25) is 15.8 Å². The van der Waals surface area contributed by atoms with E-state index in [4.69, 9.17) is 18.4 Å². The number of nitrogens with zero attached hydrogens (tertiary/aromatic N) is 4. The Morgan fingerprint density at radius 3 is 2.13 bits per heavy atom. The summed E-state index contributed by atoms with van der Waals surface area (Å²) in [5.74, 6) is 0.216. The number of amides is 4. The number of hydroxylamine groups is 2. The molecule has 15 heteroatoms. The van der Waals surface area contributed by atoms with Crippen molar-refractivity contribution in [2.45, 2.75) is 129 Å². The number of hydrogen-bond donors (Lipinski definition) is 3. The lowest BCUT2D eigenvalue weighted by atomic mass is 9.84. The maximum atomic E-state index is 12.9. The molecule has 4 amide bonds. The fourth-order valence-electron chi connectivity index (χ4n) is 5.33. The van der Waals surface area contributed by atoms with Gasteiger partial charge in [0.15, 0.2) is 14.1 Å². The first-order chi connectivity index (χ1) is 20.5. The van der Waals surface area contributed by atoms with E-state index in [9.17, 15) is 19.6 Å². The predicted molar refractivity (Wildman–Crippen MR) is 167 cm³/mol. The predicted octanol–water partition coefficient (Wildman–Crippen LogP) is 5.86. The smallest absolute Gasteiger partial charge is 0.414 e. The molecular weight excluding hydrogens is 600 g/mol. The number of rotatable bonds is 6. The van der Waals surface area contributed by atoms with Gasteiger partial charge in [-0.2, -0.15) is 0 Å². The average molecular weight is 651 g/mol. The third-order valence-corrected chi connectivity index (χ3v) is 13.3. The van der Waals surface area contributed by atoms with Crippen molar-refractivity contribution < 1.29 is 38.0 Å². The van der Waals surface area contributed by atoms with E-state index in [0.717, 1.165) is 17.9 Å². The topological polar surface area (TPSA) is 168 Å². The fourth-order valence-corrected chi connectivity index (χ4v) is 6.58. The molecule has 252 valence electrons. The number of carbonyl (C=O) groups excluding carboxylic acids is 3. The molecule has 3 aliphatic rings. The molecule has 2 aliphatic heterocycles. The van der Waals surface area contributed by atoms with Crippen molar-refractivity contribution in [3.05, 3.63) is 17.5 Å². The second-order valence-corrected chi connectivity index (χ2v) is 20.6. The van der Waals surface area contributed by atoms with Gasteiger partial charge >= 0.3 is 18.2 Å². The monoisotopic (exact) mass is 650 g/mol. The van der Waals surface area contributed by atoms with Crippen molar-refractivity contribution in [1.82, 2.24) is 25.8 Å². The van der Waals surface area contributed by atoms with Gasteiger partial charge in [0.25, 0.3) is 0 Å². The van der Waals surface area contributed by atoms with Gasteiger partial charge < -0.3 is 23.3 Å². The van der Waals surface area contributed by atoms with E-state index in [2.05, 4.69) is 54.6 Å². The lowest BCUT2D eigenvalue weighted by Crippen LogP contribution is -2.47. The van der Waals surface area contributed by atoms with Crippen LogP contribution in [0.4, 0.5) is 14.4 Å². The maximum Gasteiger partial charge on any atom is 0.414 e. The Hall–Kier alpha value is -3.17. The molecule has 2 bridgehead atoms. The molecule has 3 heterocycles. The molecule has 1 spiro atoms. The summed E-state index contributed by atoms with van der Waals surface area (Å²) >= 11 is 0. The SMILES string of the molecule is CC(C)(C)OC(=O)NC(=NC[C@H](O[Si](C)(C)C(C)(C)C)c1cc([C@@H]2CC3(CC3)[C@H]3CN2C(=O)N3O)no1)NC(=O)OC(C)(C)C. The van der Waals surface area contributed by atoms with E-state index >= 15 is 0 Å². The van der Waals surface area contributed by atoms with Crippen molar-refractivity contribution in [2.75, 3.05) is 13.1 Å². The highest BCUT2D eigenvalue weighted by atomic mass is 28.4. The van der Waals surface area contributed by atoms with E-state index in [0.29, 0.717) is 24.4 Å². The van der Waals surface area contributed by atoms with Crippen molar-refractivity contribution in [1.29, 1.82) is 0 Å². The largest absolute Gasteiger partial charge is 0.444 e. The minimum Gasteiger partial charge on any atom is -0.444 e. The van der Waals surface area contributed by atoms with Crippen LogP contribution >= 0.6 is 0 Å². The number of urea groups is 1. The summed E-state index contributed by atoms with van der Waals surface area (Å²) in [5, 5.41) is 20.6. The number of fused-ring (bicyclic) bond motifs is 3. The Kier molecular flexibility index (Phi) is 9.16. The lowest BCUT2D eigenvalue weighted by molar-refractivity contribution is -0.0782. The highest BCUT2D eigenvalue weighted by molar-refractivity contribution is 6.74. The number of piperidine rings is 1. The van der Waals surface area contributed by atoms with Crippen molar-refractivity contribution in [2.24, 2.45) is 10.4 Å². The Morgan fingerprint density at radius 1 is 1.09 bits per heavy atom. The van der Waals surface area contributed by atoms with Gasteiger partial charge in [0, 0.05) is 12.6 Å². The van der Waals surface area contributed by atoms with Crippen LogP contribution in [0.3, 0.4) is 0 Å². The molecule has 3 fully saturated rings. The number of alkyl carbamates (subject to hydrolysis) is 2. The number of aliphatic imine (C=N–C) groups is 1. The first-order valence-electron chi connectivity index (χ1n) is 15.5. The third-order valence-electron chi connectivity index (χ3n) is 8.78. The first-order valence-corrected chi connectivity index (χ1v) is 18.4. The quantitative estimate of drug-likeness (QED) is 0.148. The summed E-state index contributed by atoms with van der Waals surface area (Å²) < 4.78 is 23.3.